The molecule has 0 aromatic rings. The minimum absolute atomic E-state index is 0.395. The number of fused-ring (bicyclic) bond motifs is 1. The molecule has 0 nitrogen and oxygen atoms in total. The Hall–Kier alpha value is -0.0862. The molecule has 0 N–H and O–H groups in total. The van der Waals surface area contributed by atoms with E-state index in [4.69, 9.17) is 0 Å². The standard InChI is InChI=1S/C22H42Si2/c1-15-17-18(23(15,19(3,4)5)20(6,7)8)16(2)24(17,21(9,10)11)22(12,13)14/h1-14H3. The minimum Gasteiger partial charge on any atom is -0.0782 e. The van der Waals surface area contributed by atoms with Crippen LogP contribution in [0.3, 0.4) is 0 Å². The second-order valence-corrected chi connectivity index (χ2v) is 24.0. The third-order valence-electron chi connectivity index (χ3n) is 7.38. The predicted molar refractivity (Wildman–Crippen MR) is 116 cm³/mol. The molecule has 2 heteroatoms. The Kier molecular flexibility index (Phi) is 4.04. The van der Waals surface area contributed by atoms with Crippen LogP contribution in [0.15, 0.2) is 20.8 Å². The monoisotopic (exact) mass is 362 g/mol. The van der Waals surface area contributed by atoms with Gasteiger partial charge in [0.1, 0.15) is 16.1 Å². The summed E-state index contributed by atoms with van der Waals surface area (Å²) in [4.78, 5) is 0. The van der Waals surface area contributed by atoms with Gasteiger partial charge in [-0.3, -0.25) is 0 Å². The third kappa shape index (κ3) is 1.85. The van der Waals surface area contributed by atoms with E-state index in [1.807, 2.05) is 20.8 Å². The average Bonchev–Trinajstić information content (AvgIpc) is 2.22. The van der Waals surface area contributed by atoms with Crippen LogP contribution < -0.4 is 0 Å². The van der Waals surface area contributed by atoms with Crippen molar-refractivity contribution in [2.75, 3.05) is 0 Å². The van der Waals surface area contributed by atoms with E-state index in [-0.39, 0.29) is 0 Å². The van der Waals surface area contributed by atoms with Crippen molar-refractivity contribution in [2.24, 2.45) is 0 Å². The van der Waals surface area contributed by atoms with Crippen LogP contribution in [0, 0.1) is 0 Å². The van der Waals surface area contributed by atoms with Crippen LogP contribution >= 0.6 is 0 Å². The van der Waals surface area contributed by atoms with Gasteiger partial charge in [-0.2, -0.15) is 0 Å². The van der Waals surface area contributed by atoms with E-state index < -0.39 is 16.1 Å². The largest absolute Gasteiger partial charge is 0.122 e. The predicted octanol–water partition coefficient (Wildman–Crippen LogP) is 7.90. The van der Waals surface area contributed by atoms with Crippen molar-refractivity contribution in [2.45, 2.75) is 117 Å². The highest BCUT2D eigenvalue weighted by molar-refractivity contribution is 7.16. The average molecular weight is 363 g/mol. The summed E-state index contributed by atoms with van der Waals surface area (Å²) in [5.74, 6) is 0. The fourth-order valence-corrected chi connectivity index (χ4v) is 26.9. The lowest BCUT2D eigenvalue weighted by Gasteiger charge is -2.74. The van der Waals surface area contributed by atoms with E-state index in [1.54, 1.807) is 0 Å². The molecule has 0 aromatic heterocycles. The van der Waals surface area contributed by atoms with E-state index in [0.717, 1.165) is 0 Å². The molecule has 0 saturated carbocycles. The van der Waals surface area contributed by atoms with Gasteiger partial charge in [-0.25, -0.2) is 0 Å². The van der Waals surface area contributed by atoms with Gasteiger partial charge in [0.15, 0.2) is 0 Å². The highest BCUT2D eigenvalue weighted by Crippen LogP contribution is 2.77. The molecular formula is C22H42Si2. The van der Waals surface area contributed by atoms with Gasteiger partial charge in [-0.1, -0.05) is 104 Å². The second-order valence-electron chi connectivity index (χ2n) is 12.5. The van der Waals surface area contributed by atoms with Crippen LogP contribution in [-0.2, 0) is 0 Å². The SMILES string of the molecule is CC1=C2C(=C(C)[Si]2(C(C)(C)C)C(C)(C)C)[Si]1(C(C)(C)C)C(C)(C)C. The molecule has 0 saturated heterocycles. The van der Waals surface area contributed by atoms with Crippen molar-refractivity contribution in [3.63, 3.8) is 0 Å². The third-order valence-corrected chi connectivity index (χ3v) is 22.6. The van der Waals surface area contributed by atoms with E-state index in [2.05, 4.69) is 96.9 Å². The smallest absolute Gasteiger partial charge is 0.0782 e. The molecule has 24 heavy (non-hydrogen) atoms. The summed E-state index contributed by atoms with van der Waals surface area (Å²) in [6, 6.07) is 0. The molecule has 0 aromatic carbocycles. The minimum atomic E-state index is -1.64. The quantitative estimate of drug-likeness (QED) is 0.384. The summed E-state index contributed by atoms with van der Waals surface area (Å²) in [7, 11) is -3.29. The number of rotatable bonds is 0. The van der Waals surface area contributed by atoms with E-state index >= 15 is 0 Å². The molecule has 2 heterocycles. The molecule has 0 radical (unpaired) electrons. The fraction of sp³-hybridized carbons (Fsp3) is 0.818. The second kappa shape index (κ2) is 4.79. The zero-order valence-electron chi connectivity index (χ0n) is 19.0. The zero-order valence-corrected chi connectivity index (χ0v) is 21.0. The van der Waals surface area contributed by atoms with Crippen molar-refractivity contribution >= 4 is 16.1 Å². The Balaban J connectivity index is 2.89. The topological polar surface area (TPSA) is 0 Å². The number of hydrogen-bond donors (Lipinski definition) is 0. The highest BCUT2D eigenvalue weighted by Gasteiger charge is 2.75. The summed E-state index contributed by atoms with van der Waals surface area (Å²) in [6.07, 6.45) is 0. The Morgan fingerprint density at radius 3 is 0.708 bits per heavy atom. The van der Waals surface area contributed by atoms with Crippen molar-refractivity contribution in [1.82, 2.24) is 0 Å². The molecule has 138 valence electrons. The van der Waals surface area contributed by atoms with Crippen LogP contribution in [0.25, 0.3) is 0 Å². The molecule has 0 fully saturated rings. The van der Waals surface area contributed by atoms with Crippen LogP contribution in [0.4, 0.5) is 0 Å². The van der Waals surface area contributed by atoms with E-state index in [9.17, 15) is 0 Å². The maximum Gasteiger partial charge on any atom is 0.122 e. The molecule has 0 aliphatic carbocycles. The molecule has 2 aliphatic rings. The molecule has 2 aliphatic heterocycles. The first kappa shape index (κ1) is 20.2. The lowest BCUT2D eigenvalue weighted by molar-refractivity contribution is 0.593. The van der Waals surface area contributed by atoms with Crippen molar-refractivity contribution in [1.29, 1.82) is 0 Å². The highest BCUT2D eigenvalue weighted by atomic mass is 28.3. The first-order valence-electron chi connectivity index (χ1n) is 9.75. The maximum absolute atomic E-state index is 2.53. The van der Waals surface area contributed by atoms with Gasteiger partial charge in [0.25, 0.3) is 0 Å². The lowest BCUT2D eigenvalue weighted by atomic mass is 10.2. The summed E-state index contributed by atoms with van der Waals surface area (Å²) in [6.45, 7) is 35.2. The Morgan fingerprint density at radius 2 is 0.583 bits per heavy atom. The van der Waals surface area contributed by atoms with E-state index in [1.165, 1.54) is 0 Å². The first-order valence-corrected chi connectivity index (χ1v) is 13.8. The van der Waals surface area contributed by atoms with Gasteiger partial charge in [0.05, 0.1) is 0 Å². The van der Waals surface area contributed by atoms with Gasteiger partial charge >= 0.3 is 0 Å². The molecule has 2 rings (SSSR count). The fourth-order valence-electron chi connectivity index (χ4n) is 7.94. The van der Waals surface area contributed by atoms with E-state index in [0.29, 0.717) is 20.2 Å². The molecular weight excluding hydrogens is 320 g/mol. The normalized spacial score (nSPS) is 23.8. The molecule has 0 spiro atoms. The van der Waals surface area contributed by atoms with Gasteiger partial charge in [0.2, 0.25) is 0 Å². The lowest BCUT2D eigenvalue weighted by Crippen LogP contribution is -2.75. The van der Waals surface area contributed by atoms with Crippen LogP contribution in [0.2, 0.25) is 20.2 Å². The summed E-state index contributed by atoms with van der Waals surface area (Å²) in [5.41, 5.74) is 0. The van der Waals surface area contributed by atoms with Crippen LogP contribution in [0.5, 0.6) is 0 Å². The Bertz CT molecular complexity index is 545. The van der Waals surface area contributed by atoms with Crippen LogP contribution in [-0.4, -0.2) is 16.1 Å². The Morgan fingerprint density at radius 1 is 0.417 bits per heavy atom. The summed E-state index contributed by atoms with van der Waals surface area (Å²) < 4.78 is 0. The zero-order chi connectivity index (χ0) is 19.3. The van der Waals surface area contributed by atoms with Gasteiger partial charge in [-0.05, 0) is 34.0 Å². The van der Waals surface area contributed by atoms with Gasteiger partial charge in [0, 0.05) is 0 Å². The van der Waals surface area contributed by atoms with Crippen molar-refractivity contribution < 1.29 is 0 Å². The Labute approximate surface area is 154 Å². The summed E-state index contributed by atoms with van der Waals surface area (Å²) >= 11 is 0. The van der Waals surface area contributed by atoms with Gasteiger partial charge in [-0.15, -0.1) is 0 Å². The van der Waals surface area contributed by atoms with Crippen molar-refractivity contribution in [3.8, 4) is 0 Å². The molecule has 0 atom stereocenters. The molecule has 0 amide bonds. The molecule has 0 unspecified atom stereocenters. The maximum atomic E-state index is 2.53. The van der Waals surface area contributed by atoms with Gasteiger partial charge < -0.3 is 0 Å². The summed E-state index contributed by atoms with van der Waals surface area (Å²) in [5, 5.41) is 9.10. The number of hydrogen-bond acceptors (Lipinski definition) is 0. The molecule has 0 bridgehead atoms. The first-order chi connectivity index (χ1) is 10.3. The van der Waals surface area contributed by atoms with Crippen LogP contribution in [0.1, 0.15) is 96.9 Å². The van der Waals surface area contributed by atoms with Crippen molar-refractivity contribution in [3.05, 3.63) is 20.8 Å². The number of allylic oxidation sites excluding steroid dienone is 4.